The molecule has 1 heterocycles. The second-order valence-electron chi connectivity index (χ2n) is 7.65. The number of halogens is 1. The maximum Gasteiger partial charge on any atom is 0.323 e. The third-order valence-corrected chi connectivity index (χ3v) is 5.38. The Bertz CT molecular complexity index is 1060. The molecule has 1 aliphatic rings. The number of hydrogen-bond donors (Lipinski definition) is 3. The Morgan fingerprint density at radius 2 is 1.68 bits per heavy atom. The molecule has 11 heteroatoms. The minimum absolute atomic E-state index is 0.0970. The summed E-state index contributed by atoms with van der Waals surface area (Å²) in [6, 6.07) is 10.0. The van der Waals surface area contributed by atoms with Gasteiger partial charge in [-0.25, -0.2) is 9.18 Å². The summed E-state index contributed by atoms with van der Waals surface area (Å²) in [5.41, 5.74) is 0.833. The van der Waals surface area contributed by atoms with Gasteiger partial charge in [0, 0.05) is 25.7 Å². The van der Waals surface area contributed by atoms with Crippen LogP contribution in [-0.4, -0.2) is 65.1 Å². The Labute approximate surface area is 195 Å². The minimum atomic E-state index is -1.28. The van der Waals surface area contributed by atoms with Crippen molar-refractivity contribution in [2.24, 2.45) is 0 Å². The van der Waals surface area contributed by atoms with E-state index in [4.69, 9.17) is 4.74 Å². The van der Waals surface area contributed by atoms with Crippen LogP contribution in [0.1, 0.15) is 24.9 Å². The first-order valence-electron chi connectivity index (χ1n) is 10.5. The molecule has 1 aliphatic heterocycles. The maximum absolute atomic E-state index is 13.3. The smallest absolute Gasteiger partial charge is 0.323 e. The van der Waals surface area contributed by atoms with E-state index in [-0.39, 0.29) is 13.1 Å². The number of urea groups is 1. The normalized spacial score (nSPS) is 16.0. The van der Waals surface area contributed by atoms with Gasteiger partial charge in [0.25, 0.3) is 5.91 Å². The van der Waals surface area contributed by atoms with Crippen molar-refractivity contribution >= 4 is 29.5 Å². The van der Waals surface area contributed by atoms with Gasteiger partial charge in [-0.3, -0.25) is 19.3 Å². The summed E-state index contributed by atoms with van der Waals surface area (Å²) in [5, 5.41) is 14.6. The van der Waals surface area contributed by atoms with Gasteiger partial charge in [-0.05, 0) is 42.0 Å². The van der Waals surface area contributed by atoms with Gasteiger partial charge in [-0.15, -0.1) is 0 Å². The summed E-state index contributed by atoms with van der Waals surface area (Å²) in [6.45, 7) is 1.50. The molecule has 3 rings (SSSR count). The lowest BCUT2D eigenvalue weighted by Crippen LogP contribution is -2.54. The van der Waals surface area contributed by atoms with Crippen LogP contribution in [0.4, 0.5) is 14.9 Å². The standard InChI is InChI=1S/C23H25FN4O6/c1-14(29)27-11-12-28(23(33)25-17-7-9-18(34-2)10-8-17)22(27)21(32)26-19(13-20(30)31)15-3-5-16(24)6-4-15/h3-10,19,22H,11-13H2,1-2H3,(H,25,33)(H,26,32)(H,30,31). The van der Waals surface area contributed by atoms with E-state index in [0.717, 1.165) is 12.1 Å². The van der Waals surface area contributed by atoms with Crippen LogP contribution in [0.2, 0.25) is 0 Å². The Morgan fingerprint density at radius 3 is 2.24 bits per heavy atom. The lowest BCUT2D eigenvalue weighted by Gasteiger charge is -2.30. The first-order chi connectivity index (χ1) is 16.2. The second kappa shape index (κ2) is 10.6. The third kappa shape index (κ3) is 5.80. The quantitative estimate of drug-likeness (QED) is 0.567. The van der Waals surface area contributed by atoms with E-state index in [2.05, 4.69) is 10.6 Å². The molecule has 0 radical (unpaired) electrons. The van der Waals surface area contributed by atoms with Gasteiger partial charge in [0.15, 0.2) is 6.17 Å². The Kier molecular flexibility index (Phi) is 7.67. The van der Waals surface area contributed by atoms with Crippen LogP contribution in [0.15, 0.2) is 48.5 Å². The van der Waals surface area contributed by atoms with Crippen LogP contribution in [0, 0.1) is 5.82 Å². The number of rotatable bonds is 7. The number of amides is 4. The molecule has 3 N–H and O–H groups in total. The van der Waals surface area contributed by atoms with E-state index in [0.29, 0.717) is 17.0 Å². The summed E-state index contributed by atoms with van der Waals surface area (Å²) in [5.74, 6) is -2.24. The van der Waals surface area contributed by atoms with Gasteiger partial charge >= 0.3 is 12.0 Å². The average Bonchev–Trinajstić information content (AvgIpc) is 3.25. The van der Waals surface area contributed by atoms with E-state index < -0.39 is 48.3 Å². The van der Waals surface area contributed by atoms with Crippen molar-refractivity contribution in [3.63, 3.8) is 0 Å². The third-order valence-electron chi connectivity index (χ3n) is 5.38. The predicted octanol–water partition coefficient (Wildman–Crippen LogP) is 2.19. The van der Waals surface area contributed by atoms with Crippen LogP contribution in [0.3, 0.4) is 0 Å². The molecule has 2 aromatic carbocycles. The lowest BCUT2D eigenvalue weighted by atomic mass is 10.0. The summed E-state index contributed by atoms with van der Waals surface area (Å²) >= 11 is 0. The monoisotopic (exact) mass is 472 g/mol. The number of ether oxygens (including phenoxy) is 1. The van der Waals surface area contributed by atoms with Crippen LogP contribution < -0.4 is 15.4 Å². The number of benzene rings is 2. The highest BCUT2D eigenvalue weighted by molar-refractivity contribution is 5.96. The highest BCUT2D eigenvalue weighted by atomic mass is 19.1. The molecule has 1 saturated heterocycles. The Hall–Kier alpha value is -4.15. The second-order valence-corrected chi connectivity index (χ2v) is 7.65. The van der Waals surface area contributed by atoms with Crippen molar-refractivity contribution in [1.29, 1.82) is 0 Å². The molecule has 2 atom stereocenters. The number of carbonyl (C=O) groups is 4. The maximum atomic E-state index is 13.3. The Morgan fingerprint density at radius 1 is 1.06 bits per heavy atom. The van der Waals surface area contributed by atoms with E-state index >= 15 is 0 Å². The lowest BCUT2D eigenvalue weighted by molar-refractivity contribution is -0.141. The SMILES string of the molecule is COc1ccc(NC(=O)N2CCN(C(C)=O)C2C(=O)NC(CC(=O)O)c2ccc(F)cc2)cc1. The van der Waals surface area contributed by atoms with Crippen LogP contribution >= 0.6 is 0 Å². The molecule has 1 fully saturated rings. The van der Waals surface area contributed by atoms with Crippen molar-refractivity contribution in [2.45, 2.75) is 25.6 Å². The fraction of sp³-hybridized carbons (Fsp3) is 0.304. The number of hydrogen-bond acceptors (Lipinski definition) is 5. The molecule has 0 bridgehead atoms. The summed E-state index contributed by atoms with van der Waals surface area (Å²) < 4.78 is 18.4. The summed E-state index contributed by atoms with van der Waals surface area (Å²) in [6.07, 6.45) is -1.75. The summed E-state index contributed by atoms with van der Waals surface area (Å²) in [7, 11) is 1.51. The van der Waals surface area contributed by atoms with Crippen molar-refractivity contribution in [3.8, 4) is 5.75 Å². The van der Waals surface area contributed by atoms with Crippen LogP contribution in [-0.2, 0) is 14.4 Å². The van der Waals surface area contributed by atoms with Crippen molar-refractivity contribution in [1.82, 2.24) is 15.1 Å². The molecule has 180 valence electrons. The minimum Gasteiger partial charge on any atom is -0.497 e. The Balaban J connectivity index is 1.81. The van der Waals surface area contributed by atoms with Gasteiger partial charge < -0.3 is 25.4 Å². The van der Waals surface area contributed by atoms with E-state index in [9.17, 15) is 28.7 Å². The van der Waals surface area contributed by atoms with Gasteiger partial charge in [0.2, 0.25) is 5.91 Å². The zero-order chi connectivity index (χ0) is 24.8. The largest absolute Gasteiger partial charge is 0.497 e. The molecular formula is C23H25FN4O6. The van der Waals surface area contributed by atoms with Gasteiger partial charge in [-0.2, -0.15) is 0 Å². The average molecular weight is 472 g/mol. The van der Waals surface area contributed by atoms with E-state index in [1.54, 1.807) is 24.3 Å². The van der Waals surface area contributed by atoms with E-state index in [1.807, 2.05) is 0 Å². The first-order valence-corrected chi connectivity index (χ1v) is 10.5. The molecule has 2 unspecified atom stereocenters. The van der Waals surface area contributed by atoms with Crippen molar-refractivity contribution < 1.29 is 33.4 Å². The molecule has 0 saturated carbocycles. The predicted molar refractivity (Wildman–Crippen MR) is 119 cm³/mol. The van der Waals surface area contributed by atoms with Gasteiger partial charge in [0.05, 0.1) is 19.6 Å². The number of nitrogens with one attached hydrogen (secondary N) is 2. The first kappa shape index (κ1) is 24.5. The van der Waals surface area contributed by atoms with Crippen molar-refractivity contribution in [2.75, 3.05) is 25.5 Å². The number of carbonyl (C=O) groups excluding carboxylic acids is 3. The molecule has 0 spiro atoms. The molecule has 4 amide bonds. The molecule has 0 aromatic heterocycles. The highest BCUT2D eigenvalue weighted by Gasteiger charge is 2.42. The molecule has 34 heavy (non-hydrogen) atoms. The molecular weight excluding hydrogens is 447 g/mol. The van der Waals surface area contributed by atoms with Crippen LogP contribution in [0.5, 0.6) is 5.75 Å². The highest BCUT2D eigenvalue weighted by Crippen LogP contribution is 2.22. The number of nitrogens with zero attached hydrogens (tertiary/aromatic N) is 2. The number of methoxy groups -OCH3 is 1. The topological polar surface area (TPSA) is 128 Å². The fourth-order valence-corrected chi connectivity index (χ4v) is 3.69. The van der Waals surface area contributed by atoms with Gasteiger partial charge in [0.1, 0.15) is 11.6 Å². The number of anilines is 1. The molecule has 0 aliphatic carbocycles. The molecule has 10 nitrogen and oxygen atoms in total. The van der Waals surface area contributed by atoms with E-state index in [1.165, 1.54) is 36.0 Å². The number of aliphatic carboxylic acids is 1. The summed E-state index contributed by atoms with van der Waals surface area (Å²) in [4.78, 5) is 52.2. The van der Waals surface area contributed by atoms with Crippen molar-refractivity contribution in [3.05, 3.63) is 59.9 Å². The number of carboxylic acid groups (broad SMARTS) is 1. The van der Waals surface area contributed by atoms with Crippen LogP contribution in [0.25, 0.3) is 0 Å². The fourth-order valence-electron chi connectivity index (χ4n) is 3.69. The zero-order valence-corrected chi connectivity index (χ0v) is 18.7. The zero-order valence-electron chi connectivity index (χ0n) is 18.7. The molecule has 2 aromatic rings. The number of carboxylic acids is 1. The van der Waals surface area contributed by atoms with Gasteiger partial charge in [-0.1, -0.05) is 12.1 Å².